The van der Waals surface area contributed by atoms with Crippen LogP contribution in [0.15, 0.2) is 63.7 Å². The van der Waals surface area contributed by atoms with Crippen LogP contribution in [0, 0.1) is 25.2 Å². The molecule has 5 nitrogen and oxygen atoms in total. The Kier molecular flexibility index (Phi) is 5.88. The van der Waals surface area contributed by atoms with Gasteiger partial charge in [0.05, 0.1) is 5.92 Å². The van der Waals surface area contributed by atoms with Gasteiger partial charge >= 0.3 is 0 Å². The Hall–Kier alpha value is -3.04. The van der Waals surface area contributed by atoms with E-state index in [0.29, 0.717) is 36.4 Å². The maximum Gasteiger partial charge on any atom is 0.205 e. The summed E-state index contributed by atoms with van der Waals surface area (Å²) < 4.78 is 12.7. The number of ether oxygens (including phenoxy) is 2. The second kappa shape index (κ2) is 8.60. The highest BCUT2D eigenvalue weighted by Gasteiger charge is 2.38. The summed E-state index contributed by atoms with van der Waals surface area (Å²) in [5, 5.41) is 9.83. The predicted molar refractivity (Wildman–Crippen MR) is 121 cm³/mol. The third kappa shape index (κ3) is 4.11. The van der Waals surface area contributed by atoms with Gasteiger partial charge in [-0.2, -0.15) is 5.26 Å². The first-order chi connectivity index (χ1) is 14.9. The second-order valence-electron chi connectivity index (χ2n) is 7.92. The lowest BCUT2D eigenvalue weighted by atomic mass is 9.75. The van der Waals surface area contributed by atoms with Gasteiger partial charge in [-0.1, -0.05) is 28.1 Å². The minimum absolute atomic E-state index is 0.0270. The van der Waals surface area contributed by atoms with E-state index in [2.05, 4.69) is 28.1 Å². The van der Waals surface area contributed by atoms with Gasteiger partial charge in [-0.15, -0.1) is 0 Å². The van der Waals surface area contributed by atoms with E-state index in [1.165, 1.54) is 0 Å². The molecule has 1 heterocycles. The Morgan fingerprint density at radius 1 is 1.19 bits per heavy atom. The molecule has 4 rings (SSSR count). The SMILES string of the molecule is Cc1cc(C)c([C@@H]2C(C#N)=C(N)OC3=C2C(=O)CCC3)cc1COc1ccc(Br)cc1. The van der Waals surface area contributed by atoms with E-state index in [-0.39, 0.29) is 11.7 Å². The molecule has 2 aromatic carbocycles. The van der Waals surface area contributed by atoms with Crippen molar-refractivity contribution in [3.05, 3.63) is 85.9 Å². The molecule has 0 radical (unpaired) electrons. The van der Waals surface area contributed by atoms with Crippen molar-refractivity contribution in [2.24, 2.45) is 5.73 Å². The fourth-order valence-electron chi connectivity index (χ4n) is 4.24. The number of carbonyl (C=O) groups is 1. The number of rotatable bonds is 4. The second-order valence-corrected chi connectivity index (χ2v) is 8.83. The Labute approximate surface area is 190 Å². The number of aryl methyl sites for hydroxylation is 2. The highest BCUT2D eigenvalue weighted by atomic mass is 79.9. The molecule has 1 aliphatic heterocycles. The first-order valence-electron chi connectivity index (χ1n) is 10.2. The van der Waals surface area contributed by atoms with E-state index in [9.17, 15) is 10.1 Å². The maximum absolute atomic E-state index is 12.8. The van der Waals surface area contributed by atoms with Crippen LogP contribution in [0.25, 0.3) is 0 Å². The van der Waals surface area contributed by atoms with Gasteiger partial charge in [0.1, 0.15) is 29.8 Å². The number of nitriles is 1. The molecule has 6 heteroatoms. The lowest BCUT2D eigenvalue weighted by Crippen LogP contribution is -2.28. The number of allylic oxidation sites excluding steroid dienone is 3. The van der Waals surface area contributed by atoms with Crippen molar-refractivity contribution in [2.75, 3.05) is 0 Å². The van der Waals surface area contributed by atoms with Crippen LogP contribution >= 0.6 is 15.9 Å². The number of nitrogens with two attached hydrogens (primary N) is 1. The first kappa shape index (κ1) is 21.2. The molecule has 0 bridgehead atoms. The molecule has 0 aromatic heterocycles. The van der Waals surface area contributed by atoms with Crippen LogP contribution in [0.1, 0.15) is 47.4 Å². The zero-order valence-electron chi connectivity index (χ0n) is 17.5. The largest absolute Gasteiger partial charge is 0.489 e. The summed E-state index contributed by atoms with van der Waals surface area (Å²) in [6.45, 7) is 4.41. The zero-order valence-corrected chi connectivity index (χ0v) is 19.1. The molecule has 2 N–H and O–H groups in total. The molecule has 31 heavy (non-hydrogen) atoms. The third-order valence-corrected chi connectivity index (χ3v) is 6.38. The highest BCUT2D eigenvalue weighted by molar-refractivity contribution is 9.10. The van der Waals surface area contributed by atoms with Gasteiger partial charge in [0.15, 0.2) is 5.78 Å². The van der Waals surface area contributed by atoms with Crippen LogP contribution in [-0.4, -0.2) is 5.78 Å². The average Bonchev–Trinajstić information content (AvgIpc) is 2.74. The summed E-state index contributed by atoms with van der Waals surface area (Å²) in [4.78, 5) is 12.8. The lowest BCUT2D eigenvalue weighted by Gasteiger charge is -2.32. The van der Waals surface area contributed by atoms with Gasteiger partial charge < -0.3 is 15.2 Å². The molecule has 0 fully saturated rings. The van der Waals surface area contributed by atoms with Gasteiger partial charge in [-0.3, -0.25) is 4.79 Å². The predicted octanol–water partition coefficient (Wildman–Crippen LogP) is 5.46. The van der Waals surface area contributed by atoms with E-state index < -0.39 is 5.92 Å². The molecule has 0 spiro atoms. The molecule has 0 unspecified atom stereocenters. The number of carbonyl (C=O) groups excluding carboxylic acids is 1. The number of ketones is 1. The van der Waals surface area contributed by atoms with Gasteiger partial charge in [0.2, 0.25) is 5.88 Å². The molecule has 0 amide bonds. The van der Waals surface area contributed by atoms with Crippen molar-refractivity contribution < 1.29 is 14.3 Å². The first-order valence-corrected chi connectivity index (χ1v) is 11.0. The van der Waals surface area contributed by atoms with E-state index in [0.717, 1.165) is 38.9 Å². The Balaban J connectivity index is 1.75. The number of nitrogens with zero attached hydrogens (tertiary/aromatic N) is 1. The topological polar surface area (TPSA) is 85.3 Å². The van der Waals surface area contributed by atoms with Crippen molar-refractivity contribution >= 4 is 21.7 Å². The van der Waals surface area contributed by atoms with E-state index in [1.54, 1.807) is 0 Å². The monoisotopic (exact) mass is 478 g/mol. The molecule has 2 aromatic rings. The van der Waals surface area contributed by atoms with Gasteiger partial charge in [-0.25, -0.2) is 0 Å². The summed E-state index contributed by atoms with van der Waals surface area (Å²) in [5.41, 5.74) is 10.9. The third-order valence-electron chi connectivity index (χ3n) is 5.85. The molecule has 0 saturated heterocycles. The number of halogens is 1. The number of benzene rings is 2. The fourth-order valence-corrected chi connectivity index (χ4v) is 4.51. The Morgan fingerprint density at radius 3 is 2.65 bits per heavy atom. The Bertz CT molecular complexity index is 1160. The number of hydrogen-bond acceptors (Lipinski definition) is 5. The molecule has 1 atom stereocenters. The van der Waals surface area contributed by atoms with Gasteiger partial charge in [0, 0.05) is 22.9 Å². The Morgan fingerprint density at radius 2 is 1.94 bits per heavy atom. The zero-order chi connectivity index (χ0) is 22.1. The molecule has 2 aliphatic rings. The van der Waals surface area contributed by atoms with E-state index in [1.807, 2.05) is 44.2 Å². The molecular weight excluding hydrogens is 456 g/mol. The van der Waals surface area contributed by atoms with Crippen molar-refractivity contribution in [3.8, 4) is 11.8 Å². The minimum Gasteiger partial charge on any atom is -0.489 e. The quantitative estimate of drug-likeness (QED) is 0.630. The van der Waals surface area contributed by atoms with Crippen molar-refractivity contribution in [3.63, 3.8) is 0 Å². The van der Waals surface area contributed by atoms with Crippen LogP contribution in [0.2, 0.25) is 0 Å². The standard InChI is InChI=1S/C25H23BrN2O3/c1-14-10-15(2)19(11-16(14)13-30-18-8-6-17(26)7-9-18)23-20(12-27)25(28)31-22-5-3-4-21(29)24(22)23/h6-11,23H,3-5,13,28H2,1-2H3/t23-/m1/s1. The molecular formula is C25H23BrN2O3. The summed E-state index contributed by atoms with van der Waals surface area (Å²) in [7, 11) is 0. The van der Waals surface area contributed by atoms with Crippen LogP contribution in [-0.2, 0) is 16.1 Å². The number of hydrogen-bond donors (Lipinski definition) is 1. The lowest BCUT2D eigenvalue weighted by molar-refractivity contribution is -0.116. The smallest absolute Gasteiger partial charge is 0.205 e. The van der Waals surface area contributed by atoms with Gasteiger partial charge in [0.25, 0.3) is 0 Å². The van der Waals surface area contributed by atoms with E-state index in [4.69, 9.17) is 15.2 Å². The normalized spacial score (nSPS) is 18.4. The van der Waals surface area contributed by atoms with Crippen molar-refractivity contribution in [2.45, 2.75) is 45.6 Å². The van der Waals surface area contributed by atoms with Crippen LogP contribution in [0.4, 0.5) is 0 Å². The summed E-state index contributed by atoms with van der Waals surface area (Å²) in [6, 6.07) is 14.0. The van der Waals surface area contributed by atoms with Crippen LogP contribution in [0.3, 0.4) is 0 Å². The summed E-state index contributed by atoms with van der Waals surface area (Å²) >= 11 is 3.43. The summed E-state index contributed by atoms with van der Waals surface area (Å²) in [6.07, 6.45) is 1.85. The summed E-state index contributed by atoms with van der Waals surface area (Å²) in [5.74, 6) is 0.983. The highest BCUT2D eigenvalue weighted by Crippen LogP contribution is 2.44. The fraction of sp³-hybridized carbons (Fsp3) is 0.280. The molecule has 158 valence electrons. The number of Topliss-reactive ketones (excluding diaryl/α,β-unsaturated/α-hetero) is 1. The molecule has 0 saturated carbocycles. The van der Waals surface area contributed by atoms with Crippen LogP contribution in [0.5, 0.6) is 5.75 Å². The van der Waals surface area contributed by atoms with Gasteiger partial charge in [-0.05, 0) is 66.8 Å². The maximum atomic E-state index is 12.8. The van der Waals surface area contributed by atoms with Crippen molar-refractivity contribution in [1.82, 2.24) is 0 Å². The average molecular weight is 479 g/mol. The van der Waals surface area contributed by atoms with Crippen molar-refractivity contribution in [1.29, 1.82) is 5.26 Å². The molecule has 1 aliphatic carbocycles. The minimum atomic E-state index is -0.506. The van der Waals surface area contributed by atoms with Crippen LogP contribution < -0.4 is 10.5 Å². The van der Waals surface area contributed by atoms with E-state index >= 15 is 0 Å².